The van der Waals surface area contributed by atoms with Gasteiger partial charge in [-0.1, -0.05) is 0 Å². The third-order valence-corrected chi connectivity index (χ3v) is 4.82. The smallest absolute Gasteiger partial charge is 0.371 e. The van der Waals surface area contributed by atoms with E-state index in [2.05, 4.69) is 0 Å². The Balaban J connectivity index is 2.07. The van der Waals surface area contributed by atoms with Crippen LogP contribution in [0.5, 0.6) is 23.3 Å². The second-order valence-corrected chi connectivity index (χ2v) is 6.52. The average Bonchev–Trinajstić information content (AvgIpc) is 2.94. The first-order valence-electron chi connectivity index (χ1n) is 8.32. The van der Waals surface area contributed by atoms with Crippen LogP contribution in [-0.2, 0) is 15.1 Å². The molecule has 2 aromatic rings. The van der Waals surface area contributed by atoms with Crippen LogP contribution in [0.3, 0.4) is 0 Å². The fraction of sp³-hybridized carbons (Fsp3) is 0.278. The van der Waals surface area contributed by atoms with Crippen LogP contribution in [0.4, 0.5) is 0 Å². The number of benzene rings is 1. The second-order valence-electron chi connectivity index (χ2n) is 6.52. The summed E-state index contributed by atoms with van der Waals surface area (Å²) in [7, 11) is 0. The molecule has 0 spiro atoms. The summed E-state index contributed by atoms with van der Waals surface area (Å²) in [5.74, 6) is -5.15. The van der Waals surface area contributed by atoms with Gasteiger partial charge in [-0.05, 0) is 30.5 Å². The third-order valence-electron chi connectivity index (χ3n) is 4.82. The maximum Gasteiger partial charge on any atom is 0.371 e. The highest BCUT2D eigenvalue weighted by atomic mass is 16.7. The van der Waals surface area contributed by atoms with E-state index in [1.807, 2.05) is 0 Å². The Bertz CT molecular complexity index is 972. The van der Waals surface area contributed by atoms with Gasteiger partial charge in [-0.25, -0.2) is 4.79 Å². The summed E-state index contributed by atoms with van der Waals surface area (Å²) in [4.78, 5) is 41.8. The summed E-state index contributed by atoms with van der Waals surface area (Å²) >= 11 is 0. The topological polar surface area (TPSA) is 172 Å². The molecule has 0 bridgehead atoms. The van der Waals surface area contributed by atoms with Crippen molar-refractivity contribution in [2.45, 2.75) is 31.7 Å². The number of carbonyl (C=O) groups is 3. The van der Waals surface area contributed by atoms with Crippen molar-refractivity contribution in [2.75, 3.05) is 0 Å². The highest BCUT2D eigenvalue weighted by Crippen LogP contribution is 2.40. The van der Waals surface area contributed by atoms with Crippen LogP contribution in [0.1, 0.15) is 40.7 Å². The number of ketones is 2. The fourth-order valence-electron chi connectivity index (χ4n) is 3.25. The first-order valence-corrected chi connectivity index (χ1v) is 8.32. The van der Waals surface area contributed by atoms with Crippen LogP contribution < -0.4 is 10.6 Å². The normalized spacial score (nSPS) is 16.2. The van der Waals surface area contributed by atoms with E-state index in [0.717, 1.165) is 18.2 Å². The standard InChI is InChI=1S/C18H18N2O8/c1-8-9(18(19)11(22)3-2-4-12(18)23)7-10(21)15(16(8)26)17(27)28-20-13(24)5-6-14(20)25/h5-7,21,24-26H,2-4,19H2,1H3. The van der Waals surface area contributed by atoms with Gasteiger partial charge in [0.15, 0.2) is 17.1 Å². The number of aromatic hydroxyl groups is 4. The minimum Gasteiger partial charge on any atom is -0.507 e. The number of hydrogen-bond acceptors (Lipinski definition) is 9. The Morgan fingerprint density at radius 2 is 1.64 bits per heavy atom. The molecular formula is C18H18N2O8. The molecule has 1 aliphatic rings. The van der Waals surface area contributed by atoms with Crippen molar-refractivity contribution in [3.63, 3.8) is 0 Å². The SMILES string of the molecule is Cc1c(C2(N)C(=O)CCCC2=O)cc(O)c(C(=O)On2c(O)ccc2O)c1O. The van der Waals surface area contributed by atoms with Crippen molar-refractivity contribution >= 4 is 17.5 Å². The van der Waals surface area contributed by atoms with Gasteiger partial charge in [0.1, 0.15) is 17.1 Å². The lowest BCUT2D eigenvalue weighted by atomic mass is 9.73. The van der Waals surface area contributed by atoms with Gasteiger partial charge in [0.05, 0.1) is 0 Å². The van der Waals surface area contributed by atoms with Crippen molar-refractivity contribution in [2.24, 2.45) is 5.73 Å². The first kappa shape index (κ1) is 19.2. The van der Waals surface area contributed by atoms with Crippen LogP contribution in [0, 0.1) is 6.92 Å². The monoisotopic (exact) mass is 390 g/mol. The molecule has 0 amide bonds. The summed E-state index contributed by atoms with van der Waals surface area (Å²) < 4.78 is 0.378. The van der Waals surface area contributed by atoms with Crippen LogP contribution >= 0.6 is 0 Å². The molecule has 0 saturated heterocycles. The van der Waals surface area contributed by atoms with Gasteiger partial charge in [-0.15, -0.1) is 4.73 Å². The maximum atomic E-state index is 12.4. The molecule has 0 unspecified atom stereocenters. The van der Waals surface area contributed by atoms with E-state index >= 15 is 0 Å². The van der Waals surface area contributed by atoms with Crippen LogP contribution in [0.25, 0.3) is 0 Å². The molecule has 3 rings (SSSR count). The molecule has 1 fully saturated rings. The van der Waals surface area contributed by atoms with E-state index in [4.69, 9.17) is 10.6 Å². The van der Waals surface area contributed by atoms with Gasteiger partial charge in [0.25, 0.3) is 0 Å². The zero-order valence-electron chi connectivity index (χ0n) is 14.8. The van der Waals surface area contributed by atoms with Gasteiger partial charge in [0, 0.05) is 25.0 Å². The molecule has 10 heteroatoms. The van der Waals surface area contributed by atoms with Gasteiger partial charge < -0.3 is 31.0 Å². The number of hydrogen-bond donors (Lipinski definition) is 5. The number of rotatable bonds is 3. The van der Waals surface area contributed by atoms with Crippen molar-refractivity contribution in [3.05, 3.63) is 34.9 Å². The lowest BCUT2D eigenvalue weighted by Crippen LogP contribution is -2.54. The molecule has 0 aliphatic heterocycles. The predicted molar refractivity (Wildman–Crippen MR) is 92.9 cm³/mol. The highest BCUT2D eigenvalue weighted by molar-refractivity contribution is 6.14. The molecule has 1 aromatic carbocycles. The molecule has 28 heavy (non-hydrogen) atoms. The molecule has 1 saturated carbocycles. The summed E-state index contributed by atoms with van der Waals surface area (Å²) in [6.45, 7) is 1.33. The average molecular weight is 390 g/mol. The summed E-state index contributed by atoms with van der Waals surface area (Å²) in [5, 5.41) is 39.8. The number of phenols is 2. The lowest BCUT2D eigenvalue weighted by Gasteiger charge is -2.32. The summed E-state index contributed by atoms with van der Waals surface area (Å²) in [5.41, 5.74) is 3.19. The lowest BCUT2D eigenvalue weighted by molar-refractivity contribution is -0.138. The summed E-state index contributed by atoms with van der Waals surface area (Å²) in [6.07, 6.45) is 0.500. The van der Waals surface area contributed by atoms with E-state index in [9.17, 15) is 34.8 Å². The Morgan fingerprint density at radius 1 is 1.11 bits per heavy atom. The van der Waals surface area contributed by atoms with E-state index in [1.54, 1.807) is 0 Å². The van der Waals surface area contributed by atoms with Gasteiger partial charge >= 0.3 is 5.97 Å². The van der Waals surface area contributed by atoms with Crippen molar-refractivity contribution in [1.82, 2.24) is 4.73 Å². The molecule has 0 atom stereocenters. The Labute approximate surface area is 158 Å². The first-order chi connectivity index (χ1) is 13.1. The minimum absolute atomic E-state index is 0.0585. The van der Waals surface area contributed by atoms with E-state index in [1.165, 1.54) is 6.92 Å². The van der Waals surface area contributed by atoms with Gasteiger partial charge in [0.2, 0.25) is 11.8 Å². The molecule has 6 N–H and O–H groups in total. The molecule has 0 radical (unpaired) electrons. The van der Waals surface area contributed by atoms with Crippen LogP contribution in [0.15, 0.2) is 18.2 Å². The Morgan fingerprint density at radius 3 is 2.18 bits per heavy atom. The van der Waals surface area contributed by atoms with Crippen molar-refractivity contribution < 1.29 is 39.6 Å². The minimum atomic E-state index is -2.03. The highest BCUT2D eigenvalue weighted by Gasteiger charge is 2.47. The summed E-state index contributed by atoms with van der Waals surface area (Å²) in [6, 6.07) is 3.06. The largest absolute Gasteiger partial charge is 0.507 e. The fourth-order valence-corrected chi connectivity index (χ4v) is 3.25. The van der Waals surface area contributed by atoms with Gasteiger partial charge in [-0.3, -0.25) is 9.59 Å². The Kier molecular flexibility index (Phi) is 4.51. The number of nitrogens with zero attached hydrogens (tertiary/aromatic N) is 1. The maximum absolute atomic E-state index is 12.4. The van der Waals surface area contributed by atoms with Crippen LogP contribution in [-0.4, -0.2) is 42.7 Å². The third kappa shape index (κ3) is 2.74. The Hall–Kier alpha value is -3.53. The molecule has 1 heterocycles. The molecule has 1 aliphatic carbocycles. The number of phenolic OH excluding ortho intramolecular Hbond substituents is 2. The number of Topliss-reactive ketones (excluding diaryl/α,β-unsaturated/α-hetero) is 2. The number of carbonyl (C=O) groups excluding carboxylic acids is 3. The number of nitrogens with two attached hydrogens (primary N) is 1. The van der Waals surface area contributed by atoms with Crippen LogP contribution in [0.2, 0.25) is 0 Å². The van der Waals surface area contributed by atoms with E-state index < -0.39 is 51.9 Å². The quantitative estimate of drug-likeness (QED) is 0.464. The van der Waals surface area contributed by atoms with Crippen molar-refractivity contribution in [3.8, 4) is 23.3 Å². The second kappa shape index (κ2) is 6.57. The van der Waals surface area contributed by atoms with Crippen molar-refractivity contribution in [1.29, 1.82) is 0 Å². The van der Waals surface area contributed by atoms with E-state index in [-0.39, 0.29) is 24.0 Å². The number of aromatic nitrogens is 1. The zero-order valence-corrected chi connectivity index (χ0v) is 14.8. The molecule has 1 aromatic heterocycles. The molecule has 148 valence electrons. The predicted octanol–water partition coefficient (Wildman–Crippen LogP) is 0.364. The zero-order chi connectivity index (χ0) is 20.8. The molecular weight excluding hydrogens is 372 g/mol. The molecule has 10 nitrogen and oxygen atoms in total. The van der Waals surface area contributed by atoms with Gasteiger partial charge in [-0.2, -0.15) is 0 Å². The van der Waals surface area contributed by atoms with E-state index in [0.29, 0.717) is 11.2 Å².